The number of nitrogens with zero attached hydrogens (tertiary/aromatic N) is 3. The van der Waals surface area contributed by atoms with Gasteiger partial charge >= 0.3 is 0 Å². The lowest BCUT2D eigenvalue weighted by molar-refractivity contribution is -0.384. The van der Waals surface area contributed by atoms with Crippen molar-refractivity contribution in [2.75, 3.05) is 26.2 Å². The van der Waals surface area contributed by atoms with Gasteiger partial charge in [-0.2, -0.15) is 0 Å². The quantitative estimate of drug-likeness (QED) is 0.478. The van der Waals surface area contributed by atoms with Crippen LogP contribution in [0.1, 0.15) is 20.7 Å². The maximum Gasteiger partial charge on any atom is 0.270 e. The van der Waals surface area contributed by atoms with E-state index in [0.29, 0.717) is 0 Å². The molecule has 0 spiro atoms. The van der Waals surface area contributed by atoms with Gasteiger partial charge in [0.1, 0.15) is 0 Å². The van der Waals surface area contributed by atoms with Crippen molar-refractivity contribution in [1.29, 1.82) is 0 Å². The molecule has 0 saturated carbocycles. The van der Waals surface area contributed by atoms with E-state index >= 15 is 0 Å². The molecule has 1 unspecified atom stereocenters. The van der Waals surface area contributed by atoms with Crippen molar-refractivity contribution in [3.63, 3.8) is 0 Å². The second-order valence-electron chi connectivity index (χ2n) is 6.89. The number of nitro groups is 1. The summed E-state index contributed by atoms with van der Waals surface area (Å²) in [6, 6.07) is 9.48. The first kappa shape index (κ1) is 23.5. The molecule has 0 bridgehead atoms. The summed E-state index contributed by atoms with van der Waals surface area (Å²) in [5, 5.41) is 14.1. The van der Waals surface area contributed by atoms with E-state index < -0.39 is 28.8 Å². The van der Waals surface area contributed by atoms with E-state index in [-0.39, 0.29) is 53.0 Å². The van der Waals surface area contributed by atoms with E-state index in [1.807, 2.05) is 0 Å². The zero-order valence-electron chi connectivity index (χ0n) is 16.7. The van der Waals surface area contributed by atoms with Gasteiger partial charge in [-0.25, -0.2) is 0 Å². The number of nitrogens with one attached hydrogen (secondary N) is 1. The van der Waals surface area contributed by atoms with Gasteiger partial charge in [-0.15, -0.1) is 0 Å². The van der Waals surface area contributed by atoms with Crippen LogP contribution in [0.15, 0.2) is 42.5 Å². The average molecular weight is 480 g/mol. The predicted molar refractivity (Wildman–Crippen MR) is 117 cm³/mol. The first-order valence-corrected chi connectivity index (χ1v) is 10.3. The fraction of sp³-hybridized carbons (Fsp3) is 0.250. The molecule has 168 valence electrons. The summed E-state index contributed by atoms with van der Waals surface area (Å²) in [5.74, 6) is -1.74. The number of carbonyl (C=O) groups excluding carboxylic acids is 3. The van der Waals surface area contributed by atoms with Crippen LogP contribution in [-0.4, -0.2) is 64.8 Å². The summed E-state index contributed by atoms with van der Waals surface area (Å²) in [5.41, 5.74) is 5.42. The zero-order chi connectivity index (χ0) is 23.4. The molecule has 32 heavy (non-hydrogen) atoms. The minimum absolute atomic E-state index is 0.0275. The third kappa shape index (κ3) is 4.82. The molecule has 3 amide bonds. The summed E-state index contributed by atoms with van der Waals surface area (Å²) in [4.78, 5) is 52.0. The fourth-order valence-electron chi connectivity index (χ4n) is 3.34. The van der Waals surface area contributed by atoms with Gasteiger partial charge in [0.25, 0.3) is 23.4 Å². The lowest BCUT2D eigenvalue weighted by atomic mass is 10.1. The van der Waals surface area contributed by atoms with Gasteiger partial charge in [0.2, 0.25) is 0 Å². The van der Waals surface area contributed by atoms with Crippen molar-refractivity contribution in [2.24, 2.45) is 5.73 Å². The Morgan fingerprint density at radius 1 is 1.03 bits per heavy atom. The Morgan fingerprint density at radius 2 is 1.66 bits per heavy atom. The van der Waals surface area contributed by atoms with E-state index in [1.54, 1.807) is 0 Å². The van der Waals surface area contributed by atoms with E-state index in [2.05, 4.69) is 5.32 Å². The Morgan fingerprint density at radius 3 is 2.22 bits per heavy atom. The first-order chi connectivity index (χ1) is 15.2. The molecule has 10 nitrogen and oxygen atoms in total. The van der Waals surface area contributed by atoms with Gasteiger partial charge in [-0.05, 0) is 24.3 Å². The molecule has 1 heterocycles. The fourth-order valence-corrected chi connectivity index (χ4v) is 3.63. The average Bonchev–Trinajstić information content (AvgIpc) is 3.23. The predicted octanol–water partition coefficient (Wildman–Crippen LogP) is 1.90. The molecule has 3 N–H and O–H groups in total. The Bertz CT molecular complexity index is 1080. The Labute approximate surface area is 193 Å². The van der Waals surface area contributed by atoms with Crippen LogP contribution in [0, 0.1) is 10.1 Å². The number of benzene rings is 2. The molecule has 0 aromatic heterocycles. The number of nitrogens with two attached hydrogens (primary N) is 1. The van der Waals surface area contributed by atoms with Crippen LogP contribution in [0.2, 0.25) is 10.0 Å². The summed E-state index contributed by atoms with van der Waals surface area (Å²) in [6.07, 6.45) is -1.27. The third-order valence-corrected chi connectivity index (χ3v) is 5.58. The van der Waals surface area contributed by atoms with Crippen LogP contribution in [0.4, 0.5) is 5.69 Å². The van der Waals surface area contributed by atoms with Crippen LogP contribution >= 0.6 is 23.2 Å². The number of amides is 3. The van der Waals surface area contributed by atoms with Crippen molar-refractivity contribution in [3.05, 3.63) is 73.8 Å². The van der Waals surface area contributed by atoms with E-state index in [1.165, 1.54) is 46.2 Å². The highest BCUT2D eigenvalue weighted by Crippen LogP contribution is 2.26. The zero-order valence-corrected chi connectivity index (χ0v) is 18.2. The highest BCUT2D eigenvalue weighted by atomic mass is 35.5. The third-order valence-electron chi connectivity index (χ3n) is 4.84. The smallest absolute Gasteiger partial charge is 0.270 e. The van der Waals surface area contributed by atoms with Crippen LogP contribution < -0.4 is 11.1 Å². The van der Waals surface area contributed by atoms with Crippen LogP contribution in [0.25, 0.3) is 0 Å². The van der Waals surface area contributed by atoms with Gasteiger partial charge in [0, 0.05) is 49.4 Å². The minimum atomic E-state index is -1.27. The molecule has 1 fully saturated rings. The molecule has 2 aromatic rings. The molecule has 3 rings (SSSR count). The molecule has 0 radical (unpaired) electrons. The highest BCUT2D eigenvalue weighted by Gasteiger charge is 2.43. The standard InChI is InChI=1S/C20H19Cl2N5O5/c21-15-5-4-13(11-16(15)22)20(30)26-9-8-25(18(26)17(28)24-7-6-23)19(29)12-2-1-3-14(10-12)27(31)32/h1-5,10-11,18H,6-9,23H2,(H,24,28). The van der Waals surface area contributed by atoms with Gasteiger partial charge in [0.05, 0.1) is 15.0 Å². The lowest BCUT2D eigenvalue weighted by Gasteiger charge is -2.29. The van der Waals surface area contributed by atoms with Crippen LogP contribution in [0.3, 0.4) is 0 Å². The largest absolute Gasteiger partial charge is 0.351 e. The van der Waals surface area contributed by atoms with Crippen molar-refractivity contribution in [2.45, 2.75) is 6.17 Å². The highest BCUT2D eigenvalue weighted by molar-refractivity contribution is 6.42. The maximum absolute atomic E-state index is 13.1. The SMILES string of the molecule is NCCNC(=O)C1N(C(=O)c2cccc([N+](=O)[O-])c2)CCN1C(=O)c1ccc(Cl)c(Cl)c1. The topological polar surface area (TPSA) is 139 Å². The van der Waals surface area contributed by atoms with Crippen LogP contribution in [-0.2, 0) is 4.79 Å². The van der Waals surface area contributed by atoms with Gasteiger partial charge in [-0.3, -0.25) is 24.5 Å². The summed E-state index contributed by atoms with van der Waals surface area (Å²) >= 11 is 11.9. The Balaban J connectivity index is 1.94. The molecule has 1 aliphatic rings. The number of rotatable bonds is 6. The number of halogens is 2. The second-order valence-corrected chi connectivity index (χ2v) is 7.70. The van der Waals surface area contributed by atoms with Crippen molar-refractivity contribution >= 4 is 46.6 Å². The molecule has 1 saturated heterocycles. The number of hydrogen-bond donors (Lipinski definition) is 2. The van der Waals surface area contributed by atoms with Gasteiger partial charge in [-0.1, -0.05) is 29.3 Å². The Kier molecular flexibility index (Phi) is 7.29. The molecule has 1 atom stereocenters. The van der Waals surface area contributed by atoms with Crippen LogP contribution in [0.5, 0.6) is 0 Å². The minimum Gasteiger partial charge on any atom is -0.351 e. The molecule has 0 aliphatic carbocycles. The number of carbonyl (C=O) groups is 3. The van der Waals surface area contributed by atoms with E-state index in [0.717, 1.165) is 6.07 Å². The van der Waals surface area contributed by atoms with Crippen molar-refractivity contribution < 1.29 is 19.3 Å². The maximum atomic E-state index is 13.1. The molecular weight excluding hydrogens is 461 g/mol. The van der Waals surface area contributed by atoms with Crippen molar-refractivity contribution in [1.82, 2.24) is 15.1 Å². The summed E-state index contributed by atoms with van der Waals surface area (Å²) < 4.78 is 0. The van der Waals surface area contributed by atoms with Crippen molar-refractivity contribution in [3.8, 4) is 0 Å². The molecular formula is C20H19Cl2N5O5. The first-order valence-electron chi connectivity index (χ1n) is 9.54. The normalized spacial score (nSPS) is 15.5. The second kappa shape index (κ2) is 9.94. The van der Waals surface area contributed by atoms with Gasteiger partial charge < -0.3 is 20.9 Å². The van der Waals surface area contributed by atoms with E-state index in [4.69, 9.17) is 28.9 Å². The monoisotopic (exact) mass is 479 g/mol. The van der Waals surface area contributed by atoms with E-state index in [9.17, 15) is 24.5 Å². The summed E-state index contributed by atoms with van der Waals surface area (Å²) in [6.45, 7) is 0.427. The number of nitro benzene ring substituents is 1. The molecule has 1 aliphatic heterocycles. The Hall–Kier alpha value is -3.21. The molecule has 12 heteroatoms. The lowest BCUT2D eigenvalue weighted by Crippen LogP contribution is -2.54. The number of non-ortho nitro benzene ring substituents is 1. The molecule has 2 aromatic carbocycles. The summed E-state index contributed by atoms with van der Waals surface area (Å²) in [7, 11) is 0. The van der Waals surface area contributed by atoms with Gasteiger partial charge in [0.15, 0.2) is 6.17 Å². The number of hydrogen-bond acceptors (Lipinski definition) is 6.